The molecule has 0 spiro atoms. The predicted molar refractivity (Wildman–Crippen MR) is 198 cm³/mol. The molecule has 0 N–H and O–H groups in total. The van der Waals surface area contributed by atoms with Gasteiger partial charge in [-0.15, -0.1) is 0 Å². The Morgan fingerprint density at radius 3 is 1.66 bits per heavy atom. The highest BCUT2D eigenvalue weighted by molar-refractivity contribution is 6.23. The fraction of sp³-hybridized carbons (Fsp3) is 0. The molecular weight excluding hydrogens is 571 g/mol. The van der Waals surface area contributed by atoms with Gasteiger partial charge in [-0.2, -0.15) is 0 Å². The number of hydrogen-bond donors (Lipinski definition) is 0. The Hall–Kier alpha value is -6.25. The van der Waals surface area contributed by atoms with E-state index in [1.165, 1.54) is 43.8 Å². The van der Waals surface area contributed by atoms with Crippen molar-refractivity contribution in [2.75, 3.05) is 0 Å². The highest BCUT2D eigenvalue weighted by Crippen LogP contribution is 2.41. The van der Waals surface area contributed by atoms with Gasteiger partial charge in [0.05, 0.1) is 16.6 Å². The van der Waals surface area contributed by atoms with Crippen molar-refractivity contribution < 1.29 is 4.42 Å². The first-order valence-corrected chi connectivity index (χ1v) is 16.0. The number of pyridine rings is 1. The van der Waals surface area contributed by atoms with Crippen LogP contribution in [0.25, 0.3) is 98.7 Å². The molecular formula is C45H27NO. The van der Waals surface area contributed by atoms with Crippen LogP contribution in [0.1, 0.15) is 0 Å². The summed E-state index contributed by atoms with van der Waals surface area (Å²) < 4.78 is 6.53. The van der Waals surface area contributed by atoms with Crippen LogP contribution in [0.2, 0.25) is 0 Å². The lowest BCUT2D eigenvalue weighted by Crippen LogP contribution is -1.90. The molecule has 0 atom stereocenters. The summed E-state index contributed by atoms with van der Waals surface area (Å²) in [6.45, 7) is 0. The summed E-state index contributed by atoms with van der Waals surface area (Å²) >= 11 is 0. The molecule has 10 aromatic rings. The van der Waals surface area contributed by atoms with Crippen LogP contribution in [-0.2, 0) is 0 Å². The average molecular weight is 598 g/mol. The van der Waals surface area contributed by atoms with Crippen molar-refractivity contribution in [1.29, 1.82) is 0 Å². The fourth-order valence-electron chi connectivity index (χ4n) is 7.23. The van der Waals surface area contributed by atoms with Crippen molar-refractivity contribution in [2.45, 2.75) is 0 Å². The van der Waals surface area contributed by atoms with Crippen molar-refractivity contribution in [2.24, 2.45) is 0 Å². The molecule has 0 aliphatic heterocycles. The first-order valence-electron chi connectivity index (χ1n) is 16.0. The molecule has 10 rings (SSSR count). The second kappa shape index (κ2) is 10.1. The molecule has 0 fully saturated rings. The molecule has 8 aromatic carbocycles. The number of furan rings is 1. The minimum absolute atomic E-state index is 0.888. The lowest BCUT2D eigenvalue weighted by Gasteiger charge is -2.12. The zero-order valence-corrected chi connectivity index (χ0v) is 25.4. The SMILES string of the molecule is c1ccc2cc(-c3ccc4cc(-c5ccc(-c6nc7ccccc7c7ccc8c9ccccc9oc8c67)cc5)ccc4c3)ccc2c1. The van der Waals surface area contributed by atoms with Crippen LogP contribution in [-0.4, -0.2) is 4.98 Å². The smallest absolute Gasteiger partial charge is 0.145 e. The summed E-state index contributed by atoms with van der Waals surface area (Å²) in [6.07, 6.45) is 0. The summed E-state index contributed by atoms with van der Waals surface area (Å²) in [5.41, 5.74) is 9.60. The largest absolute Gasteiger partial charge is 0.455 e. The Bertz CT molecular complexity index is 2840. The lowest BCUT2D eigenvalue weighted by molar-refractivity contribution is 0.672. The monoisotopic (exact) mass is 597 g/mol. The van der Waals surface area contributed by atoms with E-state index in [0.717, 1.165) is 54.9 Å². The van der Waals surface area contributed by atoms with Gasteiger partial charge in [0.1, 0.15) is 11.2 Å². The Balaban J connectivity index is 1.06. The number of fused-ring (bicyclic) bond motifs is 9. The summed E-state index contributed by atoms with van der Waals surface area (Å²) in [4.78, 5) is 5.23. The average Bonchev–Trinajstić information content (AvgIpc) is 3.53. The second-order valence-electron chi connectivity index (χ2n) is 12.4. The van der Waals surface area contributed by atoms with Crippen molar-refractivity contribution in [3.05, 3.63) is 164 Å². The third-order valence-electron chi connectivity index (χ3n) is 9.62. The van der Waals surface area contributed by atoms with E-state index < -0.39 is 0 Å². The van der Waals surface area contributed by atoms with E-state index in [0.29, 0.717) is 0 Å². The summed E-state index contributed by atoms with van der Waals surface area (Å²) in [6, 6.07) is 58.6. The molecule has 2 heterocycles. The van der Waals surface area contributed by atoms with Gasteiger partial charge in [0.25, 0.3) is 0 Å². The van der Waals surface area contributed by atoms with Gasteiger partial charge < -0.3 is 4.42 Å². The molecule has 0 bridgehead atoms. The number of hydrogen-bond acceptors (Lipinski definition) is 2. The summed E-state index contributed by atoms with van der Waals surface area (Å²) in [5, 5.41) is 10.6. The van der Waals surface area contributed by atoms with Crippen molar-refractivity contribution in [3.63, 3.8) is 0 Å². The number of nitrogens with zero attached hydrogens (tertiary/aromatic N) is 1. The zero-order chi connectivity index (χ0) is 30.9. The van der Waals surface area contributed by atoms with E-state index >= 15 is 0 Å². The van der Waals surface area contributed by atoms with E-state index in [1.54, 1.807) is 0 Å². The van der Waals surface area contributed by atoms with E-state index in [1.807, 2.05) is 12.1 Å². The van der Waals surface area contributed by atoms with Gasteiger partial charge in [-0.25, -0.2) is 4.98 Å². The molecule has 0 aliphatic carbocycles. The van der Waals surface area contributed by atoms with Gasteiger partial charge in [-0.1, -0.05) is 127 Å². The molecule has 0 unspecified atom stereocenters. The Morgan fingerprint density at radius 2 is 0.894 bits per heavy atom. The van der Waals surface area contributed by atoms with Crippen molar-refractivity contribution in [3.8, 4) is 33.5 Å². The predicted octanol–water partition coefficient (Wildman–Crippen LogP) is 12.6. The molecule has 0 aliphatic rings. The first-order chi connectivity index (χ1) is 23.3. The van der Waals surface area contributed by atoms with Gasteiger partial charge in [0.15, 0.2) is 0 Å². The van der Waals surface area contributed by atoms with Crippen LogP contribution in [0, 0.1) is 0 Å². The van der Waals surface area contributed by atoms with Gasteiger partial charge in [-0.05, 0) is 85.6 Å². The third kappa shape index (κ3) is 4.16. The zero-order valence-electron chi connectivity index (χ0n) is 25.4. The number of rotatable bonds is 3. The number of benzene rings is 8. The van der Waals surface area contributed by atoms with E-state index in [2.05, 4.69) is 152 Å². The molecule has 2 nitrogen and oxygen atoms in total. The normalized spacial score (nSPS) is 11.8. The Kier molecular flexibility index (Phi) is 5.61. The minimum Gasteiger partial charge on any atom is -0.455 e. The maximum absolute atomic E-state index is 6.53. The molecule has 2 heteroatoms. The van der Waals surface area contributed by atoms with Crippen LogP contribution in [0.15, 0.2) is 168 Å². The second-order valence-corrected chi connectivity index (χ2v) is 12.4. The maximum atomic E-state index is 6.53. The molecule has 0 saturated heterocycles. The van der Waals surface area contributed by atoms with E-state index in [9.17, 15) is 0 Å². The lowest BCUT2D eigenvalue weighted by atomic mass is 9.95. The van der Waals surface area contributed by atoms with Crippen molar-refractivity contribution in [1.82, 2.24) is 4.98 Å². The van der Waals surface area contributed by atoms with E-state index in [-0.39, 0.29) is 0 Å². The molecule has 0 amide bonds. The van der Waals surface area contributed by atoms with Crippen LogP contribution in [0.4, 0.5) is 0 Å². The van der Waals surface area contributed by atoms with Crippen LogP contribution >= 0.6 is 0 Å². The quantitative estimate of drug-likeness (QED) is 0.189. The highest BCUT2D eigenvalue weighted by atomic mass is 16.3. The number of aromatic nitrogens is 1. The topological polar surface area (TPSA) is 26.0 Å². The Labute approximate surface area is 271 Å². The highest BCUT2D eigenvalue weighted by Gasteiger charge is 2.18. The first kappa shape index (κ1) is 26.0. The van der Waals surface area contributed by atoms with Crippen molar-refractivity contribution >= 4 is 65.2 Å². The molecule has 218 valence electrons. The van der Waals surface area contributed by atoms with Crippen LogP contribution < -0.4 is 0 Å². The summed E-state index contributed by atoms with van der Waals surface area (Å²) in [5.74, 6) is 0. The Morgan fingerprint density at radius 1 is 0.362 bits per heavy atom. The van der Waals surface area contributed by atoms with E-state index in [4.69, 9.17) is 9.40 Å². The standard InChI is InChI=1S/C45H27NO/c1-2-8-31-25-33(18-15-28(31)7-1)36-22-21-34-26-32(19-20-35(34)27-36)29-13-16-30(17-14-29)44-43-39(37-9-3-5-11-41(37)46-44)23-24-40-38-10-4-6-12-42(38)47-45(40)43/h1-27H. The number of para-hydroxylation sites is 2. The molecule has 0 radical (unpaired) electrons. The van der Waals surface area contributed by atoms with Gasteiger partial charge in [0, 0.05) is 21.7 Å². The molecule has 0 saturated carbocycles. The summed E-state index contributed by atoms with van der Waals surface area (Å²) in [7, 11) is 0. The van der Waals surface area contributed by atoms with Gasteiger partial charge in [0.2, 0.25) is 0 Å². The fourth-order valence-corrected chi connectivity index (χ4v) is 7.23. The van der Waals surface area contributed by atoms with Gasteiger partial charge >= 0.3 is 0 Å². The molecule has 47 heavy (non-hydrogen) atoms. The van der Waals surface area contributed by atoms with Gasteiger partial charge in [-0.3, -0.25) is 0 Å². The van der Waals surface area contributed by atoms with Crippen LogP contribution in [0.5, 0.6) is 0 Å². The van der Waals surface area contributed by atoms with Crippen LogP contribution in [0.3, 0.4) is 0 Å². The maximum Gasteiger partial charge on any atom is 0.145 e. The minimum atomic E-state index is 0.888. The molecule has 2 aromatic heterocycles. The third-order valence-corrected chi connectivity index (χ3v) is 9.62.